The summed E-state index contributed by atoms with van der Waals surface area (Å²) in [6, 6.07) is 15.5. The zero-order chi connectivity index (χ0) is 23.6. The van der Waals surface area contributed by atoms with Crippen molar-refractivity contribution in [2.24, 2.45) is 0 Å². The lowest BCUT2D eigenvalue weighted by Gasteiger charge is -2.32. The Hall–Kier alpha value is -2.71. The number of piperazine rings is 1. The summed E-state index contributed by atoms with van der Waals surface area (Å²) in [5.41, 5.74) is 5.99. The summed E-state index contributed by atoms with van der Waals surface area (Å²) in [4.78, 5) is 12.2. The molecule has 0 unspecified atom stereocenters. The number of rotatable bonds is 6. The number of ether oxygens (including phenoxy) is 2. The molecule has 0 bridgehead atoms. The average molecular weight is 474 g/mol. The van der Waals surface area contributed by atoms with Crippen LogP contribution in [0.1, 0.15) is 17.1 Å². The predicted octanol–water partition coefficient (Wildman–Crippen LogP) is 3.05. The fraction of sp³-hybridized carbons (Fsp3) is 0.464. The molecule has 0 N–H and O–H groups in total. The molecule has 7 heteroatoms. The van der Waals surface area contributed by atoms with Gasteiger partial charge in [0.05, 0.1) is 24.6 Å². The van der Waals surface area contributed by atoms with Crippen LogP contribution in [0.2, 0.25) is 0 Å². The van der Waals surface area contributed by atoms with Crippen LogP contribution in [0.4, 0.5) is 0 Å². The summed E-state index contributed by atoms with van der Waals surface area (Å²) in [6.45, 7) is 10.9. The van der Waals surface area contributed by atoms with E-state index in [0.717, 1.165) is 94.9 Å². The Morgan fingerprint density at radius 3 is 2.43 bits per heavy atom. The maximum atomic E-state index is 6.13. The number of aromatic nitrogens is 2. The van der Waals surface area contributed by atoms with E-state index < -0.39 is 0 Å². The van der Waals surface area contributed by atoms with Gasteiger partial charge in [0, 0.05) is 65.0 Å². The van der Waals surface area contributed by atoms with Crippen LogP contribution < -0.4 is 4.74 Å². The quantitative estimate of drug-likeness (QED) is 0.549. The van der Waals surface area contributed by atoms with E-state index in [1.807, 2.05) is 0 Å². The number of hydrogen-bond acceptors (Lipinski definition) is 6. The molecule has 4 heterocycles. The van der Waals surface area contributed by atoms with Gasteiger partial charge in [0.2, 0.25) is 0 Å². The van der Waals surface area contributed by atoms with Crippen LogP contribution in [0.15, 0.2) is 48.7 Å². The number of imidazole rings is 1. The predicted molar refractivity (Wildman–Crippen MR) is 137 cm³/mol. The summed E-state index contributed by atoms with van der Waals surface area (Å²) in [5.74, 6) is 1.91. The van der Waals surface area contributed by atoms with Gasteiger partial charge in [-0.1, -0.05) is 30.3 Å². The van der Waals surface area contributed by atoms with E-state index >= 15 is 0 Å². The van der Waals surface area contributed by atoms with Gasteiger partial charge in [-0.25, -0.2) is 4.98 Å². The van der Waals surface area contributed by atoms with Gasteiger partial charge >= 0.3 is 0 Å². The van der Waals surface area contributed by atoms with Gasteiger partial charge < -0.3 is 14.4 Å². The molecular formula is C28H35N5O2. The third-order valence-corrected chi connectivity index (χ3v) is 7.48. The number of fused-ring (bicyclic) bond motifs is 3. The van der Waals surface area contributed by atoms with Crippen molar-refractivity contribution in [2.45, 2.75) is 19.6 Å². The molecule has 6 rings (SSSR count). The average Bonchev–Trinajstić information content (AvgIpc) is 3.33. The zero-order valence-electron chi connectivity index (χ0n) is 20.7. The van der Waals surface area contributed by atoms with E-state index in [9.17, 15) is 0 Å². The lowest BCUT2D eigenvalue weighted by molar-refractivity contribution is 0.0383. The van der Waals surface area contributed by atoms with Crippen molar-refractivity contribution in [3.8, 4) is 22.6 Å². The van der Waals surface area contributed by atoms with Crippen molar-refractivity contribution >= 4 is 0 Å². The van der Waals surface area contributed by atoms with Crippen LogP contribution >= 0.6 is 0 Å². The molecule has 7 nitrogen and oxygen atoms in total. The molecule has 3 aliphatic heterocycles. The van der Waals surface area contributed by atoms with Crippen molar-refractivity contribution in [3.05, 3.63) is 65.7 Å². The lowest BCUT2D eigenvalue weighted by Crippen LogP contribution is -2.43. The van der Waals surface area contributed by atoms with Gasteiger partial charge in [-0.05, 0) is 35.9 Å². The van der Waals surface area contributed by atoms with Crippen molar-refractivity contribution in [1.29, 1.82) is 0 Å². The first-order valence-corrected chi connectivity index (χ1v) is 12.9. The largest absolute Gasteiger partial charge is 0.483 e. The number of hydrogen-bond donors (Lipinski definition) is 0. The molecule has 184 valence electrons. The molecule has 0 atom stereocenters. The smallest absolute Gasteiger partial charge is 0.151 e. The van der Waals surface area contributed by atoms with Gasteiger partial charge in [-0.15, -0.1) is 0 Å². The summed E-state index contributed by atoms with van der Waals surface area (Å²) in [5, 5.41) is 0. The Balaban J connectivity index is 1.13. The molecule has 2 aromatic carbocycles. The first kappa shape index (κ1) is 22.7. The van der Waals surface area contributed by atoms with Crippen molar-refractivity contribution < 1.29 is 9.47 Å². The van der Waals surface area contributed by atoms with E-state index in [0.29, 0.717) is 6.61 Å². The van der Waals surface area contributed by atoms with Crippen LogP contribution in [0.25, 0.3) is 16.8 Å². The maximum Gasteiger partial charge on any atom is 0.151 e. The standard InChI is InChI=1S/C28H35N5O2/c1-30-10-12-32(13-11-30)19-22-2-4-23(5-3-22)24-6-7-26-27(18-24)35-21-28-29-25(20-33(26)28)8-9-31-14-16-34-17-15-31/h2-7,18,20H,8-17,19,21H2,1H3. The minimum absolute atomic E-state index is 0.512. The van der Waals surface area contributed by atoms with E-state index in [-0.39, 0.29) is 0 Å². The minimum Gasteiger partial charge on any atom is -0.483 e. The highest BCUT2D eigenvalue weighted by atomic mass is 16.5. The molecule has 0 aliphatic carbocycles. The van der Waals surface area contributed by atoms with Crippen molar-refractivity contribution in [1.82, 2.24) is 24.3 Å². The van der Waals surface area contributed by atoms with Gasteiger partial charge in [0.15, 0.2) is 5.82 Å². The lowest BCUT2D eigenvalue weighted by atomic mass is 10.0. The second-order valence-electron chi connectivity index (χ2n) is 9.97. The molecule has 2 fully saturated rings. The van der Waals surface area contributed by atoms with E-state index in [1.54, 1.807) is 0 Å². The molecule has 2 saturated heterocycles. The summed E-state index contributed by atoms with van der Waals surface area (Å²) in [6.07, 6.45) is 3.14. The first-order chi connectivity index (χ1) is 17.2. The topological polar surface area (TPSA) is 46.0 Å². The number of likely N-dealkylation sites (N-methyl/N-ethyl adjacent to an activating group) is 1. The Bertz CT molecular complexity index is 1140. The fourth-order valence-corrected chi connectivity index (χ4v) is 5.22. The Morgan fingerprint density at radius 2 is 1.63 bits per heavy atom. The number of morpholine rings is 1. The maximum absolute atomic E-state index is 6.13. The second kappa shape index (κ2) is 10.1. The molecule has 0 saturated carbocycles. The molecule has 35 heavy (non-hydrogen) atoms. The molecule has 3 aromatic rings. The molecule has 0 amide bonds. The summed E-state index contributed by atoms with van der Waals surface area (Å²) < 4.78 is 13.8. The van der Waals surface area contributed by atoms with E-state index in [4.69, 9.17) is 14.5 Å². The van der Waals surface area contributed by atoms with Crippen LogP contribution in [0.5, 0.6) is 5.75 Å². The van der Waals surface area contributed by atoms with Gasteiger partial charge in [0.1, 0.15) is 12.4 Å². The van der Waals surface area contributed by atoms with Gasteiger partial charge in [0.25, 0.3) is 0 Å². The summed E-state index contributed by atoms with van der Waals surface area (Å²) in [7, 11) is 2.20. The highest BCUT2D eigenvalue weighted by Crippen LogP contribution is 2.34. The normalized spacial score (nSPS) is 19.2. The monoisotopic (exact) mass is 473 g/mol. The molecule has 0 radical (unpaired) electrons. The third kappa shape index (κ3) is 5.14. The molecule has 3 aliphatic rings. The van der Waals surface area contributed by atoms with Crippen molar-refractivity contribution in [2.75, 3.05) is 66.1 Å². The Morgan fingerprint density at radius 1 is 0.857 bits per heavy atom. The summed E-state index contributed by atoms with van der Waals surface area (Å²) >= 11 is 0. The highest BCUT2D eigenvalue weighted by Gasteiger charge is 2.21. The fourth-order valence-electron chi connectivity index (χ4n) is 5.22. The Labute approximate surface area is 207 Å². The van der Waals surface area contributed by atoms with Crippen LogP contribution in [0, 0.1) is 0 Å². The van der Waals surface area contributed by atoms with E-state index in [2.05, 4.69) is 75.0 Å². The van der Waals surface area contributed by atoms with E-state index in [1.165, 1.54) is 16.7 Å². The van der Waals surface area contributed by atoms with Crippen LogP contribution in [0.3, 0.4) is 0 Å². The van der Waals surface area contributed by atoms with Crippen LogP contribution in [-0.4, -0.2) is 90.3 Å². The molecule has 0 spiro atoms. The SMILES string of the molecule is CN1CCN(Cc2ccc(-c3ccc4c(c3)OCc3nc(CCN5CCOCC5)cn3-4)cc2)CC1. The van der Waals surface area contributed by atoms with Gasteiger partial charge in [-0.2, -0.15) is 0 Å². The second-order valence-corrected chi connectivity index (χ2v) is 9.97. The third-order valence-electron chi connectivity index (χ3n) is 7.48. The number of benzene rings is 2. The molecule has 1 aromatic heterocycles. The highest BCUT2D eigenvalue weighted by molar-refractivity contribution is 5.69. The minimum atomic E-state index is 0.512. The van der Waals surface area contributed by atoms with Gasteiger partial charge in [-0.3, -0.25) is 14.4 Å². The Kier molecular flexibility index (Phi) is 6.57. The van der Waals surface area contributed by atoms with Crippen LogP contribution in [-0.2, 0) is 24.3 Å². The zero-order valence-corrected chi connectivity index (χ0v) is 20.7. The molecular weight excluding hydrogens is 438 g/mol. The number of nitrogens with zero attached hydrogens (tertiary/aromatic N) is 5. The van der Waals surface area contributed by atoms with Crippen molar-refractivity contribution in [3.63, 3.8) is 0 Å². The first-order valence-electron chi connectivity index (χ1n) is 12.9.